The summed E-state index contributed by atoms with van der Waals surface area (Å²) in [6.45, 7) is 2.22. The molecular weight excluding hydrogens is 390 g/mol. The third-order valence-electron chi connectivity index (χ3n) is 4.98. The third-order valence-corrected chi connectivity index (χ3v) is 4.98. The molecule has 4 aromatic rings. The fourth-order valence-electron chi connectivity index (χ4n) is 3.40. The number of hydrogen-bond acceptors (Lipinski definition) is 4. The van der Waals surface area contributed by atoms with E-state index in [-0.39, 0.29) is 11.6 Å². The molecule has 8 heteroatoms. The van der Waals surface area contributed by atoms with Crippen LogP contribution in [-0.4, -0.2) is 33.6 Å². The van der Waals surface area contributed by atoms with Crippen molar-refractivity contribution in [3.63, 3.8) is 0 Å². The molecule has 158 valence electrons. The van der Waals surface area contributed by atoms with Crippen LogP contribution in [0, 0.1) is 5.41 Å². The maximum Gasteiger partial charge on any atom is 0.354 e. The van der Waals surface area contributed by atoms with Crippen LogP contribution in [0.15, 0.2) is 71.7 Å². The van der Waals surface area contributed by atoms with E-state index < -0.39 is 0 Å². The zero-order valence-corrected chi connectivity index (χ0v) is 17.1. The van der Waals surface area contributed by atoms with Gasteiger partial charge in [0.05, 0.1) is 5.69 Å². The van der Waals surface area contributed by atoms with E-state index >= 15 is 0 Å². The van der Waals surface area contributed by atoms with E-state index in [2.05, 4.69) is 20.6 Å². The highest BCUT2D eigenvalue weighted by atomic mass is 16.1. The number of guanidine groups is 1. The van der Waals surface area contributed by atoms with Crippen LogP contribution in [-0.2, 0) is 6.54 Å². The molecule has 0 aliphatic rings. The zero-order valence-electron chi connectivity index (χ0n) is 17.1. The molecule has 0 saturated heterocycles. The lowest BCUT2D eigenvalue weighted by atomic mass is 10.1. The first kappa shape index (κ1) is 20.4. The van der Waals surface area contributed by atoms with E-state index in [4.69, 9.17) is 11.1 Å². The Balaban J connectivity index is 1.45. The number of aromatic amines is 1. The molecule has 0 radical (unpaired) electrons. The largest absolute Gasteiger partial charge is 0.370 e. The lowest BCUT2D eigenvalue weighted by Crippen LogP contribution is -2.32. The number of nitrogens with zero attached hydrogens (tertiary/aromatic N) is 2. The van der Waals surface area contributed by atoms with Crippen molar-refractivity contribution in [2.45, 2.75) is 13.0 Å². The molecule has 0 amide bonds. The maximum atomic E-state index is 12.6. The minimum atomic E-state index is -0.321. The van der Waals surface area contributed by atoms with E-state index in [9.17, 15) is 4.79 Å². The van der Waals surface area contributed by atoms with E-state index in [0.717, 1.165) is 47.4 Å². The molecular formula is C23H25N7O. The van der Waals surface area contributed by atoms with Gasteiger partial charge in [-0.05, 0) is 42.3 Å². The van der Waals surface area contributed by atoms with Gasteiger partial charge in [-0.25, -0.2) is 4.79 Å². The smallest absolute Gasteiger partial charge is 0.354 e. The van der Waals surface area contributed by atoms with Crippen LogP contribution in [0.3, 0.4) is 0 Å². The van der Waals surface area contributed by atoms with Crippen LogP contribution < -0.4 is 22.1 Å². The summed E-state index contributed by atoms with van der Waals surface area (Å²) in [7, 11) is 0. The van der Waals surface area contributed by atoms with Crippen molar-refractivity contribution in [2.24, 2.45) is 5.73 Å². The first-order valence-corrected chi connectivity index (χ1v) is 10.2. The van der Waals surface area contributed by atoms with E-state index in [1.165, 1.54) is 0 Å². The van der Waals surface area contributed by atoms with Gasteiger partial charge in [0, 0.05) is 30.4 Å². The summed E-state index contributed by atoms with van der Waals surface area (Å²) in [6.07, 6.45) is 2.70. The molecule has 0 aliphatic carbocycles. The average molecular weight is 416 g/mol. The van der Waals surface area contributed by atoms with Crippen LogP contribution in [0.4, 0.5) is 0 Å². The molecule has 2 aromatic carbocycles. The summed E-state index contributed by atoms with van der Waals surface area (Å²) in [5.41, 5.74) is 9.39. The van der Waals surface area contributed by atoms with Crippen LogP contribution in [0.1, 0.15) is 12.0 Å². The molecule has 0 aliphatic heterocycles. The summed E-state index contributed by atoms with van der Waals surface area (Å²) >= 11 is 0. The van der Waals surface area contributed by atoms with Crippen molar-refractivity contribution in [3.8, 4) is 16.9 Å². The van der Waals surface area contributed by atoms with Gasteiger partial charge < -0.3 is 21.4 Å². The standard InChI is InChI=1S/C23H25N7O/c24-22(25)27-12-4-11-26-14-16-7-9-19(10-8-16)30-15-18-13-20(17-5-2-1-3-6-17)28-21(18)29-23(30)31/h1-3,5-10,13,15,26H,4,11-12,14H2,(H4,24,25,27)(H,28,29,31). The lowest BCUT2D eigenvalue weighted by Gasteiger charge is -2.08. The molecule has 0 unspecified atom stereocenters. The first-order chi connectivity index (χ1) is 15.1. The number of H-pyrrole nitrogens is 1. The predicted molar refractivity (Wildman–Crippen MR) is 123 cm³/mol. The van der Waals surface area contributed by atoms with Crippen LogP contribution in [0.2, 0.25) is 0 Å². The van der Waals surface area contributed by atoms with Crippen molar-refractivity contribution in [1.29, 1.82) is 5.41 Å². The summed E-state index contributed by atoms with van der Waals surface area (Å²) in [5.74, 6) is -0.00515. The quantitative estimate of drug-likeness (QED) is 0.172. The van der Waals surface area contributed by atoms with Gasteiger partial charge in [-0.3, -0.25) is 9.98 Å². The molecule has 4 rings (SSSR count). The van der Waals surface area contributed by atoms with Gasteiger partial charge in [0.1, 0.15) is 5.65 Å². The Bertz CT molecular complexity index is 1230. The van der Waals surface area contributed by atoms with Gasteiger partial charge >= 0.3 is 5.69 Å². The Morgan fingerprint density at radius 2 is 1.87 bits per heavy atom. The molecule has 6 N–H and O–H groups in total. The molecule has 0 spiro atoms. The minimum Gasteiger partial charge on any atom is -0.370 e. The fraction of sp³-hybridized carbons (Fsp3) is 0.174. The van der Waals surface area contributed by atoms with E-state index in [1.807, 2.05) is 66.9 Å². The number of fused-ring (bicyclic) bond motifs is 1. The van der Waals surface area contributed by atoms with Crippen molar-refractivity contribution in [3.05, 3.63) is 82.9 Å². The molecule has 31 heavy (non-hydrogen) atoms. The van der Waals surface area contributed by atoms with E-state index in [0.29, 0.717) is 12.2 Å². The number of rotatable bonds is 8. The second-order valence-corrected chi connectivity index (χ2v) is 7.28. The van der Waals surface area contributed by atoms with E-state index in [1.54, 1.807) is 4.57 Å². The summed E-state index contributed by atoms with van der Waals surface area (Å²) < 4.78 is 1.57. The molecule has 2 heterocycles. The fourth-order valence-corrected chi connectivity index (χ4v) is 3.40. The van der Waals surface area contributed by atoms with Gasteiger partial charge in [0.2, 0.25) is 0 Å². The van der Waals surface area contributed by atoms with Gasteiger partial charge in [-0.2, -0.15) is 4.98 Å². The minimum absolute atomic E-state index is 0.00515. The third kappa shape index (κ3) is 4.99. The monoisotopic (exact) mass is 415 g/mol. The van der Waals surface area contributed by atoms with Gasteiger partial charge in [0.15, 0.2) is 5.96 Å². The summed E-state index contributed by atoms with van der Waals surface area (Å²) in [4.78, 5) is 20.0. The highest BCUT2D eigenvalue weighted by Crippen LogP contribution is 2.22. The van der Waals surface area contributed by atoms with Crippen molar-refractivity contribution in [2.75, 3.05) is 13.1 Å². The number of hydrogen-bond donors (Lipinski definition) is 5. The molecule has 0 saturated carbocycles. The number of nitrogens with two attached hydrogens (primary N) is 1. The topological polar surface area (TPSA) is 125 Å². The Hall–Kier alpha value is -3.91. The van der Waals surface area contributed by atoms with Crippen molar-refractivity contribution in [1.82, 2.24) is 25.2 Å². The molecule has 2 aromatic heterocycles. The van der Waals surface area contributed by atoms with Crippen molar-refractivity contribution >= 4 is 17.0 Å². The zero-order chi connectivity index (χ0) is 21.6. The molecule has 0 bridgehead atoms. The summed E-state index contributed by atoms with van der Waals surface area (Å²) in [5, 5.41) is 14.1. The highest BCUT2D eigenvalue weighted by molar-refractivity contribution is 5.82. The number of benzene rings is 2. The second-order valence-electron chi connectivity index (χ2n) is 7.28. The Morgan fingerprint density at radius 3 is 2.61 bits per heavy atom. The molecule has 0 atom stereocenters. The molecule has 8 nitrogen and oxygen atoms in total. The SMILES string of the molecule is N=C(N)NCCCNCc1ccc(-n2cc3cc(-c4ccccc4)[nH]c3nc2=O)cc1. The van der Waals surface area contributed by atoms with Gasteiger partial charge in [-0.1, -0.05) is 42.5 Å². The Labute approximate surface area is 179 Å². The maximum absolute atomic E-state index is 12.6. The number of aromatic nitrogens is 3. The normalized spacial score (nSPS) is 11.0. The Morgan fingerprint density at radius 1 is 1.10 bits per heavy atom. The first-order valence-electron chi connectivity index (χ1n) is 10.2. The van der Waals surface area contributed by atoms with Gasteiger partial charge in [-0.15, -0.1) is 0 Å². The molecule has 0 fully saturated rings. The lowest BCUT2D eigenvalue weighted by molar-refractivity contribution is 0.639. The van der Waals surface area contributed by atoms with Gasteiger partial charge in [0.25, 0.3) is 0 Å². The average Bonchev–Trinajstić information content (AvgIpc) is 3.19. The summed E-state index contributed by atoms with van der Waals surface area (Å²) in [6, 6.07) is 19.8. The Kier molecular flexibility index (Phi) is 6.09. The van der Waals surface area contributed by atoms with Crippen LogP contribution >= 0.6 is 0 Å². The van der Waals surface area contributed by atoms with Crippen molar-refractivity contribution < 1.29 is 0 Å². The predicted octanol–water partition coefficient (Wildman–Crippen LogP) is 2.34. The highest BCUT2D eigenvalue weighted by Gasteiger charge is 2.08. The van der Waals surface area contributed by atoms with Crippen LogP contribution in [0.25, 0.3) is 28.0 Å². The van der Waals surface area contributed by atoms with Crippen LogP contribution in [0.5, 0.6) is 0 Å². The second kappa shape index (κ2) is 9.27. The number of nitrogens with one attached hydrogen (secondary N) is 4.